The van der Waals surface area contributed by atoms with Crippen molar-refractivity contribution in [3.8, 4) is 0 Å². The molecule has 0 aliphatic heterocycles. The molecule has 0 spiro atoms. The Bertz CT molecular complexity index is 76.8. The molecular weight excluding hydrogens is 139 g/mol. The van der Waals surface area contributed by atoms with Gasteiger partial charge >= 0.3 is 0 Å². The van der Waals surface area contributed by atoms with E-state index in [-0.39, 0.29) is 0 Å². The fraction of sp³-hybridized carbons (Fsp3) is 0.778. The quantitative estimate of drug-likeness (QED) is 0.403. The maximum absolute atomic E-state index is 2.27. The minimum absolute atomic E-state index is 1.18. The molecule has 0 aliphatic rings. The highest BCUT2D eigenvalue weighted by Crippen LogP contribution is 2.14. The molecular formula is C9H18P. The summed E-state index contributed by atoms with van der Waals surface area (Å²) in [5.74, 6) is 2.27. The van der Waals surface area contributed by atoms with Gasteiger partial charge in [0.05, 0.1) is 0 Å². The Balaban J connectivity index is 2.83. The Morgan fingerprint density at radius 2 is 2.00 bits per heavy atom. The predicted molar refractivity (Wildman–Crippen MR) is 50.7 cm³/mol. The number of hydrogen-bond acceptors (Lipinski definition) is 0. The fourth-order valence-electron chi connectivity index (χ4n) is 0.708. The zero-order valence-electron chi connectivity index (χ0n) is 7.14. The second-order valence-corrected chi connectivity index (χ2v) is 3.52. The number of unbranched alkanes of at least 4 members (excludes halogenated alkanes) is 2. The summed E-state index contributed by atoms with van der Waals surface area (Å²) < 4.78 is 0. The maximum Gasteiger partial charge on any atom is -0.0250 e. The van der Waals surface area contributed by atoms with E-state index in [4.69, 9.17) is 0 Å². The molecule has 0 aromatic rings. The molecule has 0 nitrogen and oxygen atoms in total. The van der Waals surface area contributed by atoms with Crippen molar-refractivity contribution in [1.29, 1.82) is 0 Å². The van der Waals surface area contributed by atoms with E-state index in [0.717, 1.165) is 0 Å². The number of allylic oxidation sites excluding steroid dienone is 1. The van der Waals surface area contributed by atoms with Crippen LogP contribution in [0.1, 0.15) is 39.5 Å². The Morgan fingerprint density at radius 1 is 1.20 bits per heavy atom. The zero-order chi connectivity index (χ0) is 7.66. The minimum atomic E-state index is 1.18. The SMILES string of the molecule is CC/C=C/[P]CCCCC. The van der Waals surface area contributed by atoms with E-state index in [1.165, 1.54) is 40.4 Å². The zero-order valence-corrected chi connectivity index (χ0v) is 8.03. The molecule has 0 aromatic heterocycles. The van der Waals surface area contributed by atoms with Gasteiger partial charge in [-0.3, -0.25) is 0 Å². The highest BCUT2D eigenvalue weighted by Gasteiger charge is 1.83. The van der Waals surface area contributed by atoms with Gasteiger partial charge in [0.25, 0.3) is 0 Å². The lowest BCUT2D eigenvalue weighted by Crippen LogP contribution is -1.73. The van der Waals surface area contributed by atoms with E-state index in [0.29, 0.717) is 0 Å². The highest BCUT2D eigenvalue weighted by molar-refractivity contribution is 7.41. The molecule has 0 fully saturated rings. The third-order valence-electron chi connectivity index (χ3n) is 1.34. The van der Waals surface area contributed by atoms with Crippen LogP contribution >= 0.6 is 8.58 Å². The summed E-state index contributed by atoms with van der Waals surface area (Å²) in [5.41, 5.74) is 0. The Morgan fingerprint density at radius 3 is 2.60 bits per heavy atom. The highest BCUT2D eigenvalue weighted by atomic mass is 31.1. The van der Waals surface area contributed by atoms with E-state index in [1.54, 1.807) is 0 Å². The van der Waals surface area contributed by atoms with Gasteiger partial charge in [-0.05, 0) is 19.0 Å². The summed E-state index contributed by atoms with van der Waals surface area (Å²) in [6.45, 7) is 4.43. The molecule has 0 N–H and O–H groups in total. The van der Waals surface area contributed by atoms with Gasteiger partial charge in [0.15, 0.2) is 0 Å². The smallest absolute Gasteiger partial charge is 0.0250 e. The van der Waals surface area contributed by atoms with Crippen LogP contribution in [0, 0.1) is 0 Å². The Hall–Kier alpha value is 0.170. The monoisotopic (exact) mass is 157 g/mol. The van der Waals surface area contributed by atoms with Crippen LogP contribution in [0.15, 0.2) is 11.9 Å². The molecule has 59 valence electrons. The molecule has 1 radical (unpaired) electrons. The molecule has 1 heteroatoms. The minimum Gasteiger partial charge on any atom is -0.0840 e. The van der Waals surface area contributed by atoms with Crippen molar-refractivity contribution in [3.63, 3.8) is 0 Å². The van der Waals surface area contributed by atoms with E-state index >= 15 is 0 Å². The lowest BCUT2D eigenvalue weighted by molar-refractivity contribution is 0.778. The van der Waals surface area contributed by atoms with Crippen LogP contribution in [0.5, 0.6) is 0 Å². The van der Waals surface area contributed by atoms with Crippen LogP contribution in [0.3, 0.4) is 0 Å². The molecule has 0 heterocycles. The molecule has 0 bridgehead atoms. The Kier molecular flexibility index (Phi) is 9.33. The molecule has 0 aliphatic carbocycles. The molecule has 10 heavy (non-hydrogen) atoms. The molecule has 0 rings (SSSR count). The Labute approximate surface area is 66.9 Å². The fourth-order valence-corrected chi connectivity index (χ4v) is 1.62. The first-order chi connectivity index (χ1) is 4.91. The van der Waals surface area contributed by atoms with Gasteiger partial charge in [-0.25, -0.2) is 0 Å². The van der Waals surface area contributed by atoms with Gasteiger partial charge in [0.2, 0.25) is 0 Å². The molecule has 0 aromatic carbocycles. The van der Waals surface area contributed by atoms with Crippen LogP contribution in [0.25, 0.3) is 0 Å². The lowest BCUT2D eigenvalue weighted by atomic mass is 10.3. The van der Waals surface area contributed by atoms with Gasteiger partial charge in [0.1, 0.15) is 0 Å². The van der Waals surface area contributed by atoms with Crippen LogP contribution in [-0.2, 0) is 0 Å². The average Bonchev–Trinajstić information content (AvgIpc) is 1.97. The van der Waals surface area contributed by atoms with Gasteiger partial charge < -0.3 is 0 Å². The normalized spacial score (nSPS) is 12.2. The standard InChI is InChI=1S/C9H18P/c1-3-5-7-9-10-8-6-4-2/h6,8H,3-5,7,9H2,1-2H3/b8-6+. The number of hydrogen-bond donors (Lipinski definition) is 0. The van der Waals surface area contributed by atoms with Gasteiger partial charge in [0, 0.05) is 0 Å². The third kappa shape index (κ3) is 8.17. The van der Waals surface area contributed by atoms with Crippen LogP contribution in [0.4, 0.5) is 0 Å². The van der Waals surface area contributed by atoms with E-state index in [2.05, 4.69) is 25.7 Å². The lowest BCUT2D eigenvalue weighted by Gasteiger charge is -1.92. The largest absolute Gasteiger partial charge is 0.0840 e. The number of rotatable bonds is 6. The van der Waals surface area contributed by atoms with Gasteiger partial charge in [-0.1, -0.05) is 47.2 Å². The van der Waals surface area contributed by atoms with Crippen molar-refractivity contribution < 1.29 is 0 Å². The molecule has 0 saturated heterocycles. The van der Waals surface area contributed by atoms with E-state index in [1.807, 2.05) is 0 Å². The first-order valence-electron chi connectivity index (χ1n) is 4.23. The van der Waals surface area contributed by atoms with Gasteiger partial charge in [-0.15, -0.1) is 0 Å². The predicted octanol–water partition coefficient (Wildman–Crippen LogP) is 4.05. The van der Waals surface area contributed by atoms with Crippen molar-refractivity contribution in [1.82, 2.24) is 0 Å². The first kappa shape index (κ1) is 10.2. The van der Waals surface area contributed by atoms with Crippen molar-refractivity contribution in [2.24, 2.45) is 0 Å². The summed E-state index contributed by atoms with van der Waals surface area (Å²) in [6, 6.07) is 0. The van der Waals surface area contributed by atoms with Crippen molar-refractivity contribution in [3.05, 3.63) is 11.9 Å². The maximum atomic E-state index is 2.27. The van der Waals surface area contributed by atoms with E-state index in [9.17, 15) is 0 Å². The van der Waals surface area contributed by atoms with Gasteiger partial charge in [-0.2, -0.15) is 0 Å². The van der Waals surface area contributed by atoms with Crippen LogP contribution < -0.4 is 0 Å². The third-order valence-corrected chi connectivity index (χ3v) is 2.33. The topological polar surface area (TPSA) is 0 Å². The van der Waals surface area contributed by atoms with Crippen molar-refractivity contribution >= 4 is 8.58 Å². The molecule has 0 unspecified atom stereocenters. The van der Waals surface area contributed by atoms with Crippen LogP contribution in [-0.4, -0.2) is 6.16 Å². The van der Waals surface area contributed by atoms with Crippen molar-refractivity contribution in [2.45, 2.75) is 39.5 Å². The summed E-state index contributed by atoms with van der Waals surface area (Å²) in [7, 11) is 1.50. The summed E-state index contributed by atoms with van der Waals surface area (Å²) in [4.78, 5) is 0. The first-order valence-corrected chi connectivity index (χ1v) is 5.38. The second kappa shape index (κ2) is 9.17. The molecule has 0 atom stereocenters. The summed E-state index contributed by atoms with van der Waals surface area (Å²) in [6.07, 6.45) is 8.91. The van der Waals surface area contributed by atoms with Crippen LogP contribution in [0.2, 0.25) is 0 Å². The molecule has 0 amide bonds. The second-order valence-electron chi connectivity index (χ2n) is 2.41. The van der Waals surface area contributed by atoms with E-state index < -0.39 is 0 Å². The average molecular weight is 157 g/mol. The summed E-state index contributed by atoms with van der Waals surface area (Å²) >= 11 is 0. The summed E-state index contributed by atoms with van der Waals surface area (Å²) in [5, 5.41) is 0. The van der Waals surface area contributed by atoms with Crippen molar-refractivity contribution in [2.75, 3.05) is 6.16 Å². The molecule has 0 saturated carbocycles.